The zero-order valence-electron chi connectivity index (χ0n) is 10.7. The molecule has 0 fully saturated rings. The van der Waals surface area contributed by atoms with Crippen LogP contribution in [-0.2, 0) is 9.53 Å². The molecule has 1 atom stereocenters. The molecule has 0 spiro atoms. The van der Waals surface area contributed by atoms with Crippen LogP contribution in [0.15, 0.2) is 18.5 Å². The molecule has 0 amide bonds. The molecule has 0 aliphatic carbocycles. The van der Waals surface area contributed by atoms with Crippen molar-refractivity contribution in [3.8, 4) is 0 Å². The molecular formula is C13H20N2O2. The lowest BCUT2D eigenvalue weighted by Crippen LogP contribution is -2.25. The third-order valence-electron chi connectivity index (χ3n) is 2.69. The Labute approximate surface area is 102 Å². The standard InChI is InChI=1S/C13H20N2O2/c1-4-6-15-12(8-13(16)17-3)11-9-14-7-5-10(11)2/h5,7,9,12,15H,4,6,8H2,1-3H3. The van der Waals surface area contributed by atoms with E-state index < -0.39 is 0 Å². The average Bonchev–Trinajstić information content (AvgIpc) is 2.35. The molecule has 0 saturated heterocycles. The Kier molecular flexibility index (Phi) is 5.63. The minimum atomic E-state index is -0.207. The predicted molar refractivity (Wildman–Crippen MR) is 66.6 cm³/mol. The number of carbonyl (C=O) groups is 1. The van der Waals surface area contributed by atoms with E-state index in [-0.39, 0.29) is 12.0 Å². The number of pyridine rings is 1. The van der Waals surface area contributed by atoms with Crippen molar-refractivity contribution in [2.24, 2.45) is 0 Å². The van der Waals surface area contributed by atoms with Crippen LogP contribution in [-0.4, -0.2) is 24.6 Å². The largest absolute Gasteiger partial charge is 0.469 e. The summed E-state index contributed by atoms with van der Waals surface area (Å²) in [6, 6.07) is 1.93. The van der Waals surface area contributed by atoms with Crippen molar-refractivity contribution >= 4 is 5.97 Å². The first-order valence-corrected chi connectivity index (χ1v) is 5.89. The topological polar surface area (TPSA) is 51.2 Å². The van der Waals surface area contributed by atoms with Gasteiger partial charge >= 0.3 is 5.97 Å². The summed E-state index contributed by atoms with van der Waals surface area (Å²) < 4.78 is 4.72. The molecule has 0 bridgehead atoms. The summed E-state index contributed by atoms with van der Waals surface area (Å²) in [5.74, 6) is -0.207. The Morgan fingerprint density at radius 2 is 2.35 bits per heavy atom. The number of carbonyl (C=O) groups excluding carboxylic acids is 1. The Morgan fingerprint density at radius 3 is 2.94 bits per heavy atom. The molecule has 1 heterocycles. The molecule has 1 aromatic rings. The Hall–Kier alpha value is -1.42. The lowest BCUT2D eigenvalue weighted by atomic mass is 10.0. The Balaban J connectivity index is 2.81. The van der Waals surface area contributed by atoms with E-state index in [1.807, 2.05) is 19.2 Å². The van der Waals surface area contributed by atoms with Crippen molar-refractivity contribution in [2.75, 3.05) is 13.7 Å². The predicted octanol–water partition coefficient (Wildman–Crippen LogP) is 1.99. The zero-order chi connectivity index (χ0) is 12.7. The quantitative estimate of drug-likeness (QED) is 0.767. The van der Waals surface area contributed by atoms with Gasteiger partial charge in [-0.15, -0.1) is 0 Å². The smallest absolute Gasteiger partial charge is 0.307 e. The average molecular weight is 236 g/mol. The van der Waals surface area contributed by atoms with Gasteiger partial charge in [0.15, 0.2) is 0 Å². The summed E-state index contributed by atoms with van der Waals surface area (Å²) in [5.41, 5.74) is 2.20. The molecule has 0 saturated carbocycles. The van der Waals surface area contributed by atoms with E-state index in [1.165, 1.54) is 7.11 Å². The van der Waals surface area contributed by atoms with E-state index in [0.717, 1.165) is 24.1 Å². The van der Waals surface area contributed by atoms with Crippen LogP contribution in [0.5, 0.6) is 0 Å². The van der Waals surface area contributed by atoms with Crippen LogP contribution in [0.4, 0.5) is 0 Å². The number of nitrogens with one attached hydrogen (secondary N) is 1. The molecule has 17 heavy (non-hydrogen) atoms. The second-order valence-corrected chi connectivity index (χ2v) is 4.02. The minimum absolute atomic E-state index is 0.0175. The maximum Gasteiger partial charge on any atom is 0.307 e. The van der Waals surface area contributed by atoms with Crippen LogP contribution in [0.2, 0.25) is 0 Å². The van der Waals surface area contributed by atoms with Gasteiger partial charge in [-0.05, 0) is 37.1 Å². The molecule has 94 valence electrons. The molecule has 1 rings (SSSR count). The van der Waals surface area contributed by atoms with Gasteiger partial charge in [-0.1, -0.05) is 6.92 Å². The third-order valence-corrected chi connectivity index (χ3v) is 2.69. The van der Waals surface area contributed by atoms with Crippen molar-refractivity contribution in [2.45, 2.75) is 32.7 Å². The van der Waals surface area contributed by atoms with Crippen LogP contribution in [0, 0.1) is 6.92 Å². The molecule has 0 radical (unpaired) electrons. The van der Waals surface area contributed by atoms with E-state index in [4.69, 9.17) is 4.74 Å². The number of nitrogens with zero attached hydrogens (tertiary/aromatic N) is 1. The number of aryl methyl sites for hydroxylation is 1. The molecular weight excluding hydrogens is 216 g/mol. The highest BCUT2D eigenvalue weighted by molar-refractivity contribution is 5.70. The van der Waals surface area contributed by atoms with Gasteiger partial charge in [-0.25, -0.2) is 0 Å². The van der Waals surface area contributed by atoms with E-state index in [1.54, 1.807) is 6.20 Å². The van der Waals surface area contributed by atoms with Crippen LogP contribution in [0.1, 0.15) is 36.9 Å². The number of esters is 1. The second kappa shape index (κ2) is 7.01. The Morgan fingerprint density at radius 1 is 1.59 bits per heavy atom. The fourth-order valence-electron chi connectivity index (χ4n) is 1.70. The van der Waals surface area contributed by atoms with Gasteiger partial charge in [-0.3, -0.25) is 9.78 Å². The fraction of sp³-hybridized carbons (Fsp3) is 0.538. The monoisotopic (exact) mass is 236 g/mol. The van der Waals surface area contributed by atoms with Crippen molar-refractivity contribution in [3.05, 3.63) is 29.6 Å². The molecule has 4 nitrogen and oxygen atoms in total. The van der Waals surface area contributed by atoms with Crippen molar-refractivity contribution in [1.29, 1.82) is 0 Å². The number of ether oxygens (including phenoxy) is 1. The summed E-state index contributed by atoms with van der Waals surface area (Å²) in [4.78, 5) is 15.5. The van der Waals surface area contributed by atoms with Crippen molar-refractivity contribution in [1.82, 2.24) is 10.3 Å². The number of rotatable bonds is 6. The second-order valence-electron chi connectivity index (χ2n) is 4.02. The molecule has 1 unspecified atom stereocenters. The fourth-order valence-corrected chi connectivity index (χ4v) is 1.70. The van der Waals surface area contributed by atoms with Gasteiger partial charge in [0.2, 0.25) is 0 Å². The highest BCUT2D eigenvalue weighted by Crippen LogP contribution is 2.20. The molecule has 0 aliphatic rings. The maximum atomic E-state index is 11.4. The summed E-state index contributed by atoms with van der Waals surface area (Å²) >= 11 is 0. The van der Waals surface area contributed by atoms with Crippen LogP contribution in [0.25, 0.3) is 0 Å². The SMILES string of the molecule is CCCNC(CC(=O)OC)c1cnccc1C. The number of aromatic nitrogens is 1. The molecule has 0 aromatic carbocycles. The van der Waals surface area contributed by atoms with Gasteiger partial charge in [0.05, 0.1) is 13.5 Å². The number of hydrogen-bond acceptors (Lipinski definition) is 4. The first-order chi connectivity index (χ1) is 8.19. The molecule has 0 aliphatic heterocycles. The minimum Gasteiger partial charge on any atom is -0.469 e. The highest BCUT2D eigenvalue weighted by Gasteiger charge is 2.17. The number of methoxy groups -OCH3 is 1. The van der Waals surface area contributed by atoms with E-state index in [0.29, 0.717) is 6.42 Å². The third kappa shape index (κ3) is 4.15. The molecule has 1 aromatic heterocycles. The van der Waals surface area contributed by atoms with E-state index >= 15 is 0 Å². The Bertz CT molecular complexity index is 366. The summed E-state index contributed by atoms with van der Waals surface area (Å²) in [6.45, 7) is 4.99. The number of hydrogen-bond donors (Lipinski definition) is 1. The first-order valence-electron chi connectivity index (χ1n) is 5.89. The van der Waals surface area contributed by atoms with Gasteiger partial charge in [0, 0.05) is 18.4 Å². The first kappa shape index (κ1) is 13.6. The van der Waals surface area contributed by atoms with E-state index in [2.05, 4.69) is 17.2 Å². The molecule has 1 N–H and O–H groups in total. The zero-order valence-corrected chi connectivity index (χ0v) is 10.7. The lowest BCUT2D eigenvalue weighted by molar-refractivity contribution is -0.141. The summed E-state index contributed by atoms with van der Waals surface area (Å²) in [7, 11) is 1.41. The van der Waals surface area contributed by atoms with Gasteiger partial charge in [0.1, 0.15) is 0 Å². The molecule has 4 heteroatoms. The van der Waals surface area contributed by atoms with Crippen LogP contribution in [0.3, 0.4) is 0 Å². The van der Waals surface area contributed by atoms with Gasteiger partial charge in [0.25, 0.3) is 0 Å². The van der Waals surface area contributed by atoms with E-state index in [9.17, 15) is 4.79 Å². The maximum absolute atomic E-state index is 11.4. The van der Waals surface area contributed by atoms with Crippen LogP contribution < -0.4 is 5.32 Å². The summed E-state index contributed by atoms with van der Waals surface area (Å²) in [6.07, 6.45) is 4.93. The van der Waals surface area contributed by atoms with Crippen molar-refractivity contribution in [3.63, 3.8) is 0 Å². The summed E-state index contributed by atoms with van der Waals surface area (Å²) in [5, 5.41) is 3.35. The van der Waals surface area contributed by atoms with Crippen LogP contribution >= 0.6 is 0 Å². The van der Waals surface area contributed by atoms with Gasteiger partial charge < -0.3 is 10.1 Å². The highest BCUT2D eigenvalue weighted by atomic mass is 16.5. The lowest BCUT2D eigenvalue weighted by Gasteiger charge is -2.19. The van der Waals surface area contributed by atoms with Crippen molar-refractivity contribution < 1.29 is 9.53 Å². The van der Waals surface area contributed by atoms with Gasteiger partial charge in [-0.2, -0.15) is 0 Å². The normalized spacial score (nSPS) is 12.2.